The lowest BCUT2D eigenvalue weighted by Crippen LogP contribution is -2.52. The number of amides is 1. The SMILES string of the molecule is C[C@]12C[C@@H](c3cccc(C(F)(F)F)c3)N(Cc3ccccn3)[C@H]1CCCC(=O)N2. The van der Waals surface area contributed by atoms with Crippen LogP contribution in [0, 0.1) is 0 Å². The standard InChI is InChI=1S/C22H24F3N3O/c1-21-13-18(15-6-4-7-16(12-15)22(23,24)25)28(14-17-8-2-3-11-26-17)19(21)9-5-10-20(29)27-21/h2-4,6-8,11-12,18-19H,5,9-10,13-14H2,1H3,(H,27,29)/t18-,19-,21-/m0/s1. The second-order valence-corrected chi connectivity index (χ2v) is 8.21. The van der Waals surface area contributed by atoms with E-state index >= 15 is 0 Å². The van der Waals surface area contributed by atoms with E-state index in [4.69, 9.17) is 0 Å². The first-order valence-electron chi connectivity index (χ1n) is 9.90. The molecule has 1 amide bonds. The molecule has 0 bridgehead atoms. The predicted molar refractivity (Wildman–Crippen MR) is 103 cm³/mol. The Kier molecular flexibility index (Phi) is 5.11. The Hall–Kier alpha value is -2.41. The van der Waals surface area contributed by atoms with E-state index in [1.807, 2.05) is 25.1 Å². The molecule has 154 valence electrons. The highest BCUT2D eigenvalue weighted by molar-refractivity contribution is 5.77. The van der Waals surface area contributed by atoms with Crippen molar-refractivity contribution in [2.24, 2.45) is 0 Å². The molecule has 0 aliphatic carbocycles. The van der Waals surface area contributed by atoms with Crippen molar-refractivity contribution in [2.45, 2.75) is 63.0 Å². The van der Waals surface area contributed by atoms with Gasteiger partial charge in [0, 0.05) is 31.2 Å². The molecule has 2 fully saturated rings. The van der Waals surface area contributed by atoms with Gasteiger partial charge in [-0.05, 0) is 56.0 Å². The molecule has 0 unspecified atom stereocenters. The number of hydrogen-bond donors (Lipinski definition) is 1. The Morgan fingerprint density at radius 2 is 2.07 bits per heavy atom. The summed E-state index contributed by atoms with van der Waals surface area (Å²) in [5, 5.41) is 3.15. The number of nitrogens with one attached hydrogen (secondary N) is 1. The molecule has 1 aromatic heterocycles. The largest absolute Gasteiger partial charge is 0.416 e. The number of likely N-dealkylation sites (tertiary alicyclic amines) is 1. The number of alkyl halides is 3. The summed E-state index contributed by atoms with van der Waals surface area (Å²) in [4.78, 5) is 18.9. The molecule has 2 aliphatic heterocycles. The summed E-state index contributed by atoms with van der Waals surface area (Å²) in [6.07, 6.45) is -0.0332. The summed E-state index contributed by atoms with van der Waals surface area (Å²) in [5.41, 5.74) is 0.360. The molecular weight excluding hydrogens is 379 g/mol. The molecule has 2 aromatic rings. The quantitative estimate of drug-likeness (QED) is 0.822. The maximum absolute atomic E-state index is 13.3. The number of nitrogens with zero attached hydrogens (tertiary/aromatic N) is 2. The Bertz CT molecular complexity index is 886. The van der Waals surface area contributed by atoms with E-state index in [-0.39, 0.29) is 18.0 Å². The van der Waals surface area contributed by atoms with Gasteiger partial charge in [0.25, 0.3) is 0 Å². The Morgan fingerprint density at radius 3 is 2.79 bits per heavy atom. The highest BCUT2D eigenvalue weighted by Crippen LogP contribution is 2.46. The molecule has 0 radical (unpaired) electrons. The zero-order valence-corrected chi connectivity index (χ0v) is 16.2. The fraction of sp³-hybridized carbons (Fsp3) is 0.455. The van der Waals surface area contributed by atoms with Gasteiger partial charge in [-0.2, -0.15) is 13.2 Å². The number of rotatable bonds is 3. The van der Waals surface area contributed by atoms with Crippen LogP contribution in [0.4, 0.5) is 13.2 Å². The third-order valence-electron chi connectivity index (χ3n) is 6.13. The summed E-state index contributed by atoms with van der Waals surface area (Å²) in [7, 11) is 0. The topological polar surface area (TPSA) is 45.2 Å². The van der Waals surface area contributed by atoms with Crippen LogP contribution in [0.2, 0.25) is 0 Å². The molecular formula is C22H24F3N3O. The molecule has 0 spiro atoms. The highest BCUT2D eigenvalue weighted by atomic mass is 19.4. The van der Waals surface area contributed by atoms with Crippen molar-refractivity contribution < 1.29 is 18.0 Å². The van der Waals surface area contributed by atoms with Crippen molar-refractivity contribution in [1.82, 2.24) is 15.2 Å². The molecule has 4 rings (SSSR count). The first-order valence-corrected chi connectivity index (χ1v) is 9.90. The Balaban J connectivity index is 1.73. The van der Waals surface area contributed by atoms with Gasteiger partial charge in [-0.3, -0.25) is 14.7 Å². The minimum atomic E-state index is -4.39. The van der Waals surface area contributed by atoms with Crippen LogP contribution in [0.25, 0.3) is 0 Å². The van der Waals surface area contributed by atoms with Crippen LogP contribution in [0.1, 0.15) is 55.5 Å². The van der Waals surface area contributed by atoms with Gasteiger partial charge in [0.1, 0.15) is 0 Å². The summed E-state index contributed by atoms with van der Waals surface area (Å²) in [6, 6.07) is 11.0. The van der Waals surface area contributed by atoms with Gasteiger partial charge in [-0.1, -0.05) is 18.2 Å². The summed E-state index contributed by atoms with van der Waals surface area (Å²) >= 11 is 0. The van der Waals surface area contributed by atoms with Crippen LogP contribution in [-0.2, 0) is 17.5 Å². The summed E-state index contributed by atoms with van der Waals surface area (Å²) < 4.78 is 39.9. The lowest BCUT2D eigenvalue weighted by molar-refractivity contribution is -0.137. The van der Waals surface area contributed by atoms with Crippen molar-refractivity contribution in [3.63, 3.8) is 0 Å². The van der Waals surface area contributed by atoms with Gasteiger partial charge >= 0.3 is 6.18 Å². The van der Waals surface area contributed by atoms with Crippen LogP contribution in [0.3, 0.4) is 0 Å². The van der Waals surface area contributed by atoms with E-state index in [2.05, 4.69) is 15.2 Å². The van der Waals surface area contributed by atoms with E-state index in [1.54, 1.807) is 12.3 Å². The lowest BCUT2D eigenvalue weighted by atomic mass is 9.88. The van der Waals surface area contributed by atoms with Gasteiger partial charge in [-0.15, -0.1) is 0 Å². The first kappa shape index (κ1) is 19.9. The van der Waals surface area contributed by atoms with Gasteiger partial charge in [0.2, 0.25) is 5.91 Å². The third kappa shape index (κ3) is 4.01. The van der Waals surface area contributed by atoms with E-state index in [1.165, 1.54) is 12.1 Å². The number of hydrogen-bond acceptors (Lipinski definition) is 3. The van der Waals surface area contributed by atoms with Crippen molar-refractivity contribution in [1.29, 1.82) is 0 Å². The zero-order chi connectivity index (χ0) is 20.6. The highest BCUT2D eigenvalue weighted by Gasteiger charge is 2.51. The van der Waals surface area contributed by atoms with Gasteiger partial charge in [-0.25, -0.2) is 0 Å². The molecule has 3 heterocycles. The predicted octanol–water partition coefficient (Wildman–Crippen LogP) is 4.47. The molecule has 29 heavy (non-hydrogen) atoms. The van der Waals surface area contributed by atoms with Gasteiger partial charge in [0.05, 0.1) is 16.8 Å². The third-order valence-corrected chi connectivity index (χ3v) is 6.13. The summed E-state index contributed by atoms with van der Waals surface area (Å²) in [6.45, 7) is 2.54. The molecule has 2 aliphatic rings. The van der Waals surface area contributed by atoms with Crippen LogP contribution in [-0.4, -0.2) is 27.4 Å². The van der Waals surface area contributed by atoms with Crippen LogP contribution in [0.15, 0.2) is 48.7 Å². The number of halogens is 3. The smallest absolute Gasteiger partial charge is 0.349 e. The average molecular weight is 403 g/mol. The van der Waals surface area contributed by atoms with Crippen molar-refractivity contribution in [2.75, 3.05) is 0 Å². The fourth-order valence-corrected chi connectivity index (χ4v) is 4.82. The number of benzene rings is 1. The van der Waals surface area contributed by atoms with Crippen molar-refractivity contribution >= 4 is 5.91 Å². The zero-order valence-electron chi connectivity index (χ0n) is 16.2. The molecule has 4 nitrogen and oxygen atoms in total. The molecule has 0 saturated carbocycles. The molecule has 1 aromatic carbocycles. The maximum atomic E-state index is 13.3. The minimum absolute atomic E-state index is 0.0116. The number of fused-ring (bicyclic) bond motifs is 1. The Labute approximate surface area is 168 Å². The van der Waals surface area contributed by atoms with Crippen molar-refractivity contribution in [3.05, 3.63) is 65.5 Å². The number of carbonyl (C=O) groups excluding carboxylic acids is 1. The molecule has 7 heteroatoms. The molecule has 3 atom stereocenters. The number of pyridine rings is 1. The lowest BCUT2D eigenvalue weighted by Gasteiger charge is -2.35. The number of aromatic nitrogens is 1. The van der Waals surface area contributed by atoms with E-state index in [9.17, 15) is 18.0 Å². The first-order chi connectivity index (χ1) is 13.8. The van der Waals surface area contributed by atoms with Crippen LogP contribution in [0.5, 0.6) is 0 Å². The van der Waals surface area contributed by atoms with E-state index < -0.39 is 17.3 Å². The number of carbonyl (C=O) groups is 1. The maximum Gasteiger partial charge on any atom is 0.416 e. The molecule has 1 N–H and O–H groups in total. The Morgan fingerprint density at radius 1 is 1.24 bits per heavy atom. The monoisotopic (exact) mass is 403 g/mol. The van der Waals surface area contributed by atoms with Crippen LogP contribution >= 0.6 is 0 Å². The average Bonchev–Trinajstić information content (AvgIpc) is 2.84. The van der Waals surface area contributed by atoms with Crippen molar-refractivity contribution in [3.8, 4) is 0 Å². The van der Waals surface area contributed by atoms with Gasteiger partial charge in [0.15, 0.2) is 0 Å². The molecule has 2 saturated heterocycles. The van der Waals surface area contributed by atoms with Crippen LogP contribution < -0.4 is 5.32 Å². The normalized spacial score (nSPS) is 27.9. The van der Waals surface area contributed by atoms with Gasteiger partial charge < -0.3 is 5.32 Å². The minimum Gasteiger partial charge on any atom is -0.349 e. The second kappa shape index (κ2) is 7.44. The fourth-order valence-electron chi connectivity index (χ4n) is 4.82. The summed E-state index contributed by atoms with van der Waals surface area (Å²) in [5.74, 6) is 0.0116. The second-order valence-electron chi connectivity index (χ2n) is 8.21. The van der Waals surface area contributed by atoms with E-state index in [0.29, 0.717) is 24.9 Å². The van der Waals surface area contributed by atoms with E-state index in [0.717, 1.165) is 24.6 Å².